The molecule has 1 saturated heterocycles. The maximum atomic E-state index is 13.6. The van der Waals surface area contributed by atoms with E-state index < -0.39 is 22.2 Å². The molecule has 104 valence electrons. The van der Waals surface area contributed by atoms with Gasteiger partial charge in [0.15, 0.2) is 5.82 Å². The number of anilines is 1. The Balaban J connectivity index is 2.12. The largest absolute Gasteiger partial charge is 0.376 e. The third-order valence-electron chi connectivity index (χ3n) is 3.17. The van der Waals surface area contributed by atoms with E-state index in [0.29, 0.717) is 12.6 Å². The molecule has 1 fully saturated rings. The molecule has 1 aliphatic heterocycles. The molecule has 1 aliphatic rings. The van der Waals surface area contributed by atoms with Gasteiger partial charge in [0.2, 0.25) is 0 Å². The van der Waals surface area contributed by atoms with Crippen molar-refractivity contribution in [2.24, 2.45) is 0 Å². The number of nitro benzene ring substituents is 1. The monoisotopic (exact) mass is 271 g/mol. The third kappa shape index (κ3) is 3.37. The van der Waals surface area contributed by atoms with Crippen LogP contribution in [0.25, 0.3) is 0 Å². The van der Waals surface area contributed by atoms with Gasteiger partial charge in [-0.05, 0) is 19.4 Å². The van der Waals surface area contributed by atoms with Crippen LogP contribution in [0.2, 0.25) is 0 Å². The second-order valence-corrected chi connectivity index (χ2v) is 4.57. The van der Waals surface area contributed by atoms with Crippen molar-refractivity contribution in [3.63, 3.8) is 0 Å². The lowest BCUT2D eigenvalue weighted by atomic mass is 10.1. The molecule has 0 aromatic heterocycles. The molecule has 2 rings (SSSR count). The van der Waals surface area contributed by atoms with E-state index in [1.54, 1.807) is 0 Å². The summed E-state index contributed by atoms with van der Waals surface area (Å²) in [5, 5.41) is 16.7. The standard InChI is InChI=1S/C12H15F2N3O2/c13-8-5-10(14)12(11(6-8)17(18)19)16-7-9-3-1-2-4-15-9/h5-6,9,15-16H,1-4,7H2. The molecule has 0 spiro atoms. The lowest BCUT2D eigenvalue weighted by Crippen LogP contribution is -2.39. The van der Waals surface area contributed by atoms with Crippen molar-refractivity contribution in [3.8, 4) is 0 Å². The summed E-state index contributed by atoms with van der Waals surface area (Å²) in [5.41, 5.74) is -0.827. The van der Waals surface area contributed by atoms with Crippen LogP contribution in [-0.2, 0) is 0 Å². The lowest BCUT2D eigenvalue weighted by molar-refractivity contribution is -0.384. The molecule has 1 unspecified atom stereocenters. The van der Waals surface area contributed by atoms with E-state index in [0.717, 1.165) is 31.9 Å². The van der Waals surface area contributed by atoms with E-state index in [1.165, 1.54) is 0 Å². The van der Waals surface area contributed by atoms with Gasteiger partial charge < -0.3 is 10.6 Å². The first-order valence-corrected chi connectivity index (χ1v) is 6.18. The highest BCUT2D eigenvalue weighted by Crippen LogP contribution is 2.28. The van der Waals surface area contributed by atoms with Crippen molar-refractivity contribution >= 4 is 11.4 Å². The summed E-state index contributed by atoms with van der Waals surface area (Å²) in [7, 11) is 0. The molecule has 0 radical (unpaired) electrons. The maximum absolute atomic E-state index is 13.6. The van der Waals surface area contributed by atoms with E-state index >= 15 is 0 Å². The summed E-state index contributed by atoms with van der Waals surface area (Å²) >= 11 is 0. The molecule has 1 aromatic rings. The van der Waals surface area contributed by atoms with Crippen LogP contribution in [0.1, 0.15) is 19.3 Å². The summed E-state index contributed by atoms with van der Waals surface area (Å²) in [6.45, 7) is 1.27. The second-order valence-electron chi connectivity index (χ2n) is 4.57. The zero-order chi connectivity index (χ0) is 13.8. The molecular formula is C12H15F2N3O2. The van der Waals surface area contributed by atoms with Crippen LogP contribution in [0.4, 0.5) is 20.2 Å². The topological polar surface area (TPSA) is 67.2 Å². The van der Waals surface area contributed by atoms with Gasteiger partial charge in [-0.15, -0.1) is 0 Å². The fourth-order valence-electron chi connectivity index (χ4n) is 2.20. The molecule has 0 bridgehead atoms. The highest BCUT2D eigenvalue weighted by molar-refractivity contribution is 5.62. The van der Waals surface area contributed by atoms with Crippen molar-refractivity contribution < 1.29 is 13.7 Å². The number of halogens is 2. The minimum atomic E-state index is -0.953. The van der Waals surface area contributed by atoms with Crippen LogP contribution >= 0.6 is 0 Å². The van der Waals surface area contributed by atoms with Crippen molar-refractivity contribution in [1.82, 2.24) is 5.32 Å². The van der Waals surface area contributed by atoms with Crippen molar-refractivity contribution in [2.75, 3.05) is 18.4 Å². The SMILES string of the molecule is O=[N+]([O-])c1cc(F)cc(F)c1NCC1CCCCN1. The van der Waals surface area contributed by atoms with Gasteiger partial charge in [0, 0.05) is 18.7 Å². The van der Waals surface area contributed by atoms with E-state index in [-0.39, 0.29) is 11.7 Å². The molecule has 0 aliphatic carbocycles. The van der Waals surface area contributed by atoms with Crippen molar-refractivity contribution in [3.05, 3.63) is 33.9 Å². The molecule has 1 atom stereocenters. The van der Waals surface area contributed by atoms with Gasteiger partial charge in [-0.2, -0.15) is 0 Å². The van der Waals surface area contributed by atoms with Crippen LogP contribution in [0, 0.1) is 21.7 Å². The number of piperidine rings is 1. The Kier molecular flexibility index (Phi) is 4.26. The van der Waals surface area contributed by atoms with Crippen LogP contribution in [-0.4, -0.2) is 24.1 Å². The fourth-order valence-corrected chi connectivity index (χ4v) is 2.20. The zero-order valence-corrected chi connectivity index (χ0v) is 10.3. The van der Waals surface area contributed by atoms with Gasteiger partial charge in [0.1, 0.15) is 11.5 Å². The average molecular weight is 271 g/mol. The Morgan fingerprint density at radius 1 is 1.42 bits per heavy atom. The lowest BCUT2D eigenvalue weighted by Gasteiger charge is -2.24. The number of nitro groups is 1. The first kappa shape index (κ1) is 13.7. The predicted molar refractivity (Wildman–Crippen MR) is 67.1 cm³/mol. The smallest absolute Gasteiger partial charge is 0.298 e. The van der Waals surface area contributed by atoms with E-state index in [9.17, 15) is 18.9 Å². The maximum Gasteiger partial charge on any atom is 0.298 e. The summed E-state index contributed by atoms with van der Waals surface area (Å²) < 4.78 is 26.6. The number of hydrogen-bond acceptors (Lipinski definition) is 4. The van der Waals surface area contributed by atoms with E-state index in [1.807, 2.05) is 0 Å². The van der Waals surface area contributed by atoms with Crippen molar-refractivity contribution in [1.29, 1.82) is 0 Å². The predicted octanol–water partition coefficient (Wildman–Crippen LogP) is 2.43. The van der Waals surface area contributed by atoms with Crippen LogP contribution in [0.15, 0.2) is 12.1 Å². The van der Waals surface area contributed by atoms with E-state index in [2.05, 4.69) is 10.6 Å². The molecule has 19 heavy (non-hydrogen) atoms. The normalized spacial score (nSPS) is 19.2. The molecule has 1 heterocycles. The summed E-state index contributed by atoms with van der Waals surface area (Å²) in [6.07, 6.45) is 3.11. The summed E-state index contributed by atoms with van der Waals surface area (Å²) in [6, 6.07) is 1.52. The molecule has 2 N–H and O–H groups in total. The Morgan fingerprint density at radius 2 is 2.21 bits per heavy atom. The van der Waals surface area contributed by atoms with Crippen LogP contribution in [0.3, 0.4) is 0 Å². The highest BCUT2D eigenvalue weighted by Gasteiger charge is 2.21. The Labute approximate surface area is 109 Å². The van der Waals surface area contributed by atoms with Gasteiger partial charge in [-0.1, -0.05) is 6.42 Å². The van der Waals surface area contributed by atoms with Gasteiger partial charge in [-0.25, -0.2) is 8.78 Å². The minimum absolute atomic E-state index is 0.151. The quantitative estimate of drug-likeness (QED) is 0.652. The van der Waals surface area contributed by atoms with E-state index in [4.69, 9.17) is 0 Å². The minimum Gasteiger partial charge on any atom is -0.376 e. The Morgan fingerprint density at radius 3 is 2.84 bits per heavy atom. The Hall–Kier alpha value is -1.76. The molecule has 1 aromatic carbocycles. The Bertz CT molecular complexity index is 476. The van der Waals surface area contributed by atoms with Gasteiger partial charge in [0.05, 0.1) is 11.0 Å². The van der Waals surface area contributed by atoms with Crippen LogP contribution < -0.4 is 10.6 Å². The molecular weight excluding hydrogens is 256 g/mol. The molecule has 5 nitrogen and oxygen atoms in total. The molecule has 7 heteroatoms. The number of benzene rings is 1. The van der Waals surface area contributed by atoms with Gasteiger partial charge >= 0.3 is 0 Å². The van der Waals surface area contributed by atoms with Gasteiger partial charge in [0.25, 0.3) is 5.69 Å². The number of nitrogens with one attached hydrogen (secondary N) is 2. The highest BCUT2D eigenvalue weighted by atomic mass is 19.1. The number of nitrogens with zero attached hydrogens (tertiary/aromatic N) is 1. The first-order chi connectivity index (χ1) is 9.08. The van der Waals surface area contributed by atoms with Crippen LogP contribution in [0.5, 0.6) is 0 Å². The number of hydrogen-bond donors (Lipinski definition) is 2. The molecule has 0 amide bonds. The zero-order valence-electron chi connectivity index (χ0n) is 10.3. The number of rotatable bonds is 4. The summed E-state index contributed by atoms with van der Waals surface area (Å²) in [4.78, 5) is 10.0. The molecule has 0 saturated carbocycles. The second kappa shape index (κ2) is 5.92. The fraction of sp³-hybridized carbons (Fsp3) is 0.500. The summed E-state index contributed by atoms with van der Waals surface area (Å²) in [5.74, 6) is -1.90. The average Bonchev–Trinajstić information content (AvgIpc) is 2.38. The third-order valence-corrected chi connectivity index (χ3v) is 3.17. The first-order valence-electron chi connectivity index (χ1n) is 6.18. The van der Waals surface area contributed by atoms with Crippen molar-refractivity contribution in [2.45, 2.75) is 25.3 Å². The van der Waals surface area contributed by atoms with Gasteiger partial charge in [-0.3, -0.25) is 10.1 Å².